The lowest BCUT2D eigenvalue weighted by atomic mass is 10.2. The highest BCUT2D eigenvalue weighted by Gasteiger charge is 2.30. The summed E-state index contributed by atoms with van der Waals surface area (Å²) in [5.41, 5.74) is 0.663. The molecule has 112 valence electrons. The molecular formula is C14H22N2O3S. The summed E-state index contributed by atoms with van der Waals surface area (Å²) in [6, 6.07) is 7.07. The topological polar surface area (TPSA) is 69.6 Å². The molecule has 1 aliphatic carbocycles. The zero-order valence-corrected chi connectivity index (χ0v) is 12.6. The fourth-order valence-electron chi connectivity index (χ4n) is 2.17. The summed E-state index contributed by atoms with van der Waals surface area (Å²) in [6.45, 7) is 3.19. The standard InChI is InChI=1S/C14H22N2O3S/c1-2-9-16(10-11-17)13-5-3-4-6-14(13)20(18,19)15-12-7-8-12/h3-6,12,15,17H,2,7-11H2,1H3. The Bertz CT molecular complexity index is 535. The summed E-state index contributed by atoms with van der Waals surface area (Å²) in [7, 11) is -3.48. The minimum absolute atomic E-state index is 0.00440. The Hall–Kier alpha value is -1.11. The first-order valence-corrected chi connectivity index (χ1v) is 8.54. The lowest BCUT2D eigenvalue weighted by Crippen LogP contribution is -2.32. The molecule has 0 amide bonds. The van der Waals surface area contributed by atoms with E-state index in [-0.39, 0.29) is 12.6 Å². The van der Waals surface area contributed by atoms with E-state index in [0.29, 0.717) is 17.1 Å². The molecule has 1 aromatic rings. The van der Waals surface area contributed by atoms with Gasteiger partial charge in [-0.15, -0.1) is 0 Å². The molecule has 0 aliphatic heterocycles. The zero-order chi connectivity index (χ0) is 14.6. The van der Waals surface area contributed by atoms with Gasteiger partial charge in [0.1, 0.15) is 4.90 Å². The van der Waals surface area contributed by atoms with E-state index in [2.05, 4.69) is 4.72 Å². The van der Waals surface area contributed by atoms with Crippen molar-refractivity contribution in [2.24, 2.45) is 0 Å². The van der Waals surface area contributed by atoms with Crippen LogP contribution in [0.3, 0.4) is 0 Å². The molecule has 0 spiro atoms. The monoisotopic (exact) mass is 298 g/mol. The molecule has 5 nitrogen and oxygen atoms in total. The molecule has 6 heteroatoms. The van der Waals surface area contributed by atoms with E-state index in [1.54, 1.807) is 18.2 Å². The summed E-state index contributed by atoms with van der Waals surface area (Å²) in [5, 5.41) is 9.17. The van der Waals surface area contributed by atoms with Gasteiger partial charge in [0.05, 0.1) is 12.3 Å². The van der Waals surface area contributed by atoms with Crippen molar-refractivity contribution in [2.75, 3.05) is 24.6 Å². The van der Waals surface area contributed by atoms with Gasteiger partial charge in [0.15, 0.2) is 0 Å². The van der Waals surface area contributed by atoms with Gasteiger partial charge < -0.3 is 10.0 Å². The van der Waals surface area contributed by atoms with Crippen molar-refractivity contribution >= 4 is 15.7 Å². The normalized spacial score (nSPS) is 15.3. The quantitative estimate of drug-likeness (QED) is 0.760. The van der Waals surface area contributed by atoms with Crippen molar-refractivity contribution in [3.8, 4) is 0 Å². The Labute approximate surface area is 120 Å². The van der Waals surface area contributed by atoms with Gasteiger partial charge in [0.25, 0.3) is 0 Å². The molecule has 1 aliphatic rings. The summed E-state index contributed by atoms with van der Waals surface area (Å²) in [4.78, 5) is 2.22. The Morgan fingerprint density at radius 2 is 2.00 bits per heavy atom. The summed E-state index contributed by atoms with van der Waals surface area (Å²) in [5.74, 6) is 0. The van der Waals surface area contributed by atoms with Crippen molar-refractivity contribution < 1.29 is 13.5 Å². The van der Waals surface area contributed by atoms with Crippen LogP contribution in [0.1, 0.15) is 26.2 Å². The average Bonchev–Trinajstić information content (AvgIpc) is 3.22. The van der Waals surface area contributed by atoms with Gasteiger partial charge >= 0.3 is 0 Å². The number of para-hydroxylation sites is 1. The van der Waals surface area contributed by atoms with Crippen LogP contribution in [0.15, 0.2) is 29.2 Å². The van der Waals surface area contributed by atoms with E-state index in [1.165, 1.54) is 0 Å². The maximum atomic E-state index is 12.4. The number of nitrogens with zero attached hydrogens (tertiary/aromatic N) is 1. The molecule has 0 heterocycles. The highest BCUT2D eigenvalue weighted by Crippen LogP contribution is 2.28. The molecule has 1 saturated carbocycles. The molecule has 2 N–H and O–H groups in total. The first-order valence-electron chi connectivity index (χ1n) is 7.05. The maximum absolute atomic E-state index is 12.4. The molecular weight excluding hydrogens is 276 g/mol. The summed E-state index contributed by atoms with van der Waals surface area (Å²) < 4.78 is 27.5. The minimum atomic E-state index is -3.48. The molecule has 0 unspecified atom stereocenters. The van der Waals surface area contributed by atoms with Crippen molar-refractivity contribution in [1.82, 2.24) is 4.72 Å². The highest BCUT2D eigenvalue weighted by molar-refractivity contribution is 7.89. The van der Waals surface area contributed by atoms with Crippen LogP contribution in [0.5, 0.6) is 0 Å². The van der Waals surface area contributed by atoms with Crippen LogP contribution in [-0.2, 0) is 10.0 Å². The number of nitrogens with one attached hydrogen (secondary N) is 1. The number of aliphatic hydroxyl groups is 1. The van der Waals surface area contributed by atoms with E-state index >= 15 is 0 Å². The predicted molar refractivity (Wildman–Crippen MR) is 79.4 cm³/mol. The average molecular weight is 298 g/mol. The molecule has 20 heavy (non-hydrogen) atoms. The van der Waals surface area contributed by atoms with E-state index in [4.69, 9.17) is 5.11 Å². The smallest absolute Gasteiger partial charge is 0.242 e. The van der Waals surface area contributed by atoms with Gasteiger partial charge in [-0.25, -0.2) is 13.1 Å². The Kier molecular flexibility index (Phi) is 5.01. The van der Waals surface area contributed by atoms with Crippen molar-refractivity contribution in [3.05, 3.63) is 24.3 Å². The largest absolute Gasteiger partial charge is 0.395 e. The Morgan fingerprint density at radius 1 is 1.30 bits per heavy atom. The van der Waals surface area contributed by atoms with Crippen LogP contribution in [0.25, 0.3) is 0 Å². The number of rotatable bonds is 8. The first-order chi connectivity index (χ1) is 9.58. The maximum Gasteiger partial charge on any atom is 0.242 e. The zero-order valence-electron chi connectivity index (χ0n) is 11.7. The third-order valence-corrected chi connectivity index (χ3v) is 4.83. The summed E-state index contributed by atoms with van der Waals surface area (Å²) >= 11 is 0. The fourth-order valence-corrected chi connectivity index (χ4v) is 3.70. The lowest BCUT2D eigenvalue weighted by Gasteiger charge is -2.25. The SMILES string of the molecule is CCCN(CCO)c1ccccc1S(=O)(=O)NC1CC1. The van der Waals surface area contributed by atoms with Crippen molar-refractivity contribution in [2.45, 2.75) is 37.1 Å². The van der Waals surface area contributed by atoms with Gasteiger partial charge in [-0.3, -0.25) is 0 Å². The third kappa shape index (κ3) is 3.71. The molecule has 0 radical (unpaired) electrons. The molecule has 1 aromatic carbocycles. The molecule has 0 atom stereocenters. The number of anilines is 1. The number of sulfonamides is 1. The van der Waals surface area contributed by atoms with Crippen LogP contribution in [0, 0.1) is 0 Å². The van der Waals surface area contributed by atoms with Crippen LogP contribution < -0.4 is 9.62 Å². The van der Waals surface area contributed by atoms with Gasteiger partial charge in [0, 0.05) is 19.1 Å². The second-order valence-electron chi connectivity index (χ2n) is 5.07. The van der Waals surface area contributed by atoms with Gasteiger partial charge in [-0.05, 0) is 31.4 Å². The number of hydrogen-bond donors (Lipinski definition) is 2. The first kappa shape index (κ1) is 15.3. The fraction of sp³-hybridized carbons (Fsp3) is 0.571. The van der Waals surface area contributed by atoms with Crippen LogP contribution >= 0.6 is 0 Å². The Balaban J connectivity index is 2.32. The van der Waals surface area contributed by atoms with Crippen molar-refractivity contribution in [1.29, 1.82) is 0 Å². The second kappa shape index (κ2) is 6.56. The van der Waals surface area contributed by atoms with Gasteiger partial charge in [-0.2, -0.15) is 0 Å². The number of hydrogen-bond acceptors (Lipinski definition) is 4. The number of benzene rings is 1. The molecule has 2 rings (SSSR count). The van der Waals surface area contributed by atoms with Crippen LogP contribution in [0.4, 0.5) is 5.69 Å². The van der Waals surface area contributed by atoms with Gasteiger partial charge in [-0.1, -0.05) is 19.1 Å². The lowest BCUT2D eigenvalue weighted by molar-refractivity contribution is 0.301. The van der Waals surface area contributed by atoms with E-state index < -0.39 is 10.0 Å². The van der Waals surface area contributed by atoms with E-state index in [9.17, 15) is 8.42 Å². The molecule has 0 bridgehead atoms. The molecule has 0 saturated heterocycles. The van der Waals surface area contributed by atoms with E-state index in [0.717, 1.165) is 25.8 Å². The molecule has 1 fully saturated rings. The molecule has 0 aromatic heterocycles. The van der Waals surface area contributed by atoms with Gasteiger partial charge in [0.2, 0.25) is 10.0 Å². The highest BCUT2D eigenvalue weighted by atomic mass is 32.2. The predicted octanol–water partition coefficient (Wildman–Crippen LogP) is 1.34. The third-order valence-electron chi connectivity index (χ3n) is 3.26. The van der Waals surface area contributed by atoms with E-state index in [1.807, 2.05) is 17.9 Å². The number of aliphatic hydroxyl groups excluding tert-OH is 1. The Morgan fingerprint density at radius 3 is 2.60 bits per heavy atom. The summed E-state index contributed by atoms with van der Waals surface area (Å²) in [6.07, 6.45) is 2.72. The second-order valence-corrected chi connectivity index (χ2v) is 6.76. The van der Waals surface area contributed by atoms with Crippen LogP contribution in [-0.4, -0.2) is 39.3 Å². The van der Waals surface area contributed by atoms with Crippen LogP contribution in [0.2, 0.25) is 0 Å². The van der Waals surface area contributed by atoms with Crippen molar-refractivity contribution in [3.63, 3.8) is 0 Å². The minimum Gasteiger partial charge on any atom is -0.395 e.